The van der Waals surface area contributed by atoms with Gasteiger partial charge in [-0.2, -0.15) is 0 Å². The van der Waals surface area contributed by atoms with Gasteiger partial charge in [0.1, 0.15) is 0 Å². The zero-order valence-electron chi connectivity index (χ0n) is 8.40. The summed E-state index contributed by atoms with van der Waals surface area (Å²) in [6.07, 6.45) is 2.94. The van der Waals surface area contributed by atoms with E-state index in [4.69, 9.17) is 16.7 Å². The molecule has 0 aliphatic rings. The highest BCUT2D eigenvalue weighted by molar-refractivity contribution is 6.33. The first-order chi connectivity index (χ1) is 7.15. The fourth-order valence-electron chi connectivity index (χ4n) is 0.971. The second kappa shape index (κ2) is 5.68. The Morgan fingerprint density at radius 3 is 3.07 bits per heavy atom. The number of nitrogens with zero attached hydrogens (tertiary/aromatic N) is 1. The number of halogens is 1. The number of aliphatic hydroxyl groups is 1. The molecule has 0 aliphatic carbocycles. The molecular weight excluding hydrogens is 216 g/mol. The molecule has 15 heavy (non-hydrogen) atoms. The summed E-state index contributed by atoms with van der Waals surface area (Å²) < 4.78 is 0. The van der Waals surface area contributed by atoms with Gasteiger partial charge >= 0.3 is 0 Å². The van der Waals surface area contributed by atoms with Crippen LogP contribution in [0.15, 0.2) is 18.5 Å². The van der Waals surface area contributed by atoms with Crippen LogP contribution in [-0.2, 0) is 0 Å². The molecule has 0 fully saturated rings. The minimum atomic E-state index is -0.270. The molecule has 4 nitrogen and oxygen atoms in total. The van der Waals surface area contributed by atoms with Gasteiger partial charge in [0.15, 0.2) is 0 Å². The van der Waals surface area contributed by atoms with Crippen LogP contribution in [-0.4, -0.2) is 29.1 Å². The highest BCUT2D eigenvalue weighted by Gasteiger charge is 2.10. The summed E-state index contributed by atoms with van der Waals surface area (Å²) in [7, 11) is 0. The molecule has 0 saturated carbocycles. The second-order valence-corrected chi connectivity index (χ2v) is 3.76. The monoisotopic (exact) mass is 228 g/mol. The Morgan fingerprint density at radius 2 is 2.47 bits per heavy atom. The Morgan fingerprint density at radius 1 is 1.73 bits per heavy atom. The summed E-state index contributed by atoms with van der Waals surface area (Å²) in [6, 6.07) is 1.56. The van der Waals surface area contributed by atoms with Crippen molar-refractivity contribution in [2.75, 3.05) is 13.2 Å². The fourth-order valence-corrected chi connectivity index (χ4v) is 1.16. The van der Waals surface area contributed by atoms with Crippen LogP contribution in [0.3, 0.4) is 0 Å². The molecular formula is C10H13ClN2O2. The quantitative estimate of drug-likeness (QED) is 0.811. The van der Waals surface area contributed by atoms with Crippen molar-refractivity contribution in [1.82, 2.24) is 10.3 Å². The van der Waals surface area contributed by atoms with Crippen LogP contribution < -0.4 is 5.32 Å². The first kappa shape index (κ1) is 11.9. The van der Waals surface area contributed by atoms with Gasteiger partial charge in [0.05, 0.1) is 10.6 Å². The normalized spacial score (nSPS) is 12.2. The highest BCUT2D eigenvalue weighted by Crippen LogP contribution is 2.12. The van der Waals surface area contributed by atoms with Gasteiger partial charge in [-0.25, -0.2) is 0 Å². The van der Waals surface area contributed by atoms with Crippen molar-refractivity contribution in [3.8, 4) is 0 Å². The van der Waals surface area contributed by atoms with Crippen LogP contribution in [0.25, 0.3) is 0 Å². The van der Waals surface area contributed by atoms with Gasteiger partial charge in [0.25, 0.3) is 5.91 Å². The van der Waals surface area contributed by atoms with Crippen LogP contribution in [0.1, 0.15) is 17.3 Å². The summed E-state index contributed by atoms with van der Waals surface area (Å²) >= 11 is 5.82. The number of pyridine rings is 1. The molecule has 1 amide bonds. The Labute approximate surface area is 93.3 Å². The molecule has 1 aromatic heterocycles. The maximum Gasteiger partial charge on any atom is 0.254 e. The number of amides is 1. The maximum absolute atomic E-state index is 11.6. The van der Waals surface area contributed by atoms with E-state index < -0.39 is 0 Å². The number of aliphatic hydroxyl groups excluding tert-OH is 1. The summed E-state index contributed by atoms with van der Waals surface area (Å²) in [5.74, 6) is -0.238. The van der Waals surface area contributed by atoms with E-state index in [1.54, 1.807) is 6.07 Å². The molecule has 82 valence electrons. The van der Waals surface area contributed by atoms with E-state index >= 15 is 0 Å². The lowest BCUT2D eigenvalue weighted by Gasteiger charge is -2.09. The maximum atomic E-state index is 11.6. The van der Waals surface area contributed by atoms with Crippen molar-refractivity contribution >= 4 is 17.5 Å². The molecule has 0 aliphatic heterocycles. The van der Waals surface area contributed by atoms with Gasteiger partial charge in [-0.05, 0) is 12.0 Å². The highest BCUT2D eigenvalue weighted by atomic mass is 35.5. The molecule has 0 bridgehead atoms. The lowest BCUT2D eigenvalue weighted by atomic mass is 10.2. The lowest BCUT2D eigenvalue weighted by Crippen LogP contribution is -2.29. The van der Waals surface area contributed by atoms with Gasteiger partial charge < -0.3 is 10.4 Å². The number of carbonyl (C=O) groups excluding carboxylic acids is 1. The molecule has 1 atom stereocenters. The lowest BCUT2D eigenvalue weighted by molar-refractivity contribution is 0.0942. The molecule has 1 aromatic rings. The number of aromatic nitrogens is 1. The molecule has 5 heteroatoms. The fraction of sp³-hybridized carbons (Fsp3) is 0.400. The third-order valence-corrected chi connectivity index (χ3v) is 2.26. The van der Waals surface area contributed by atoms with Crippen LogP contribution >= 0.6 is 11.6 Å². The van der Waals surface area contributed by atoms with Crippen molar-refractivity contribution in [1.29, 1.82) is 0 Å². The van der Waals surface area contributed by atoms with E-state index in [0.29, 0.717) is 17.1 Å². The summed E-state index contributed by atoms with van der Waals surface area (Å²) in [6.45, 7) is 2.30. The summed E-state index contributed by atoms with van der Waals surface area (Å²) in [5, 5.41) is 11.8. The minimum absolute atomic E-state index is 0.0318. The predicted molar refractivity (Wildman–Crippen MR) is 57.8 cm³/mol. The van der Waals surface area contributed by atoms with Gasteiger partial charge in [-0.3, -0.25) is 9.78 Å². The molecule has 0 saturated heterocycles. The second-order valence-electron chi connectivity index (χ2n) is 3.35. The van der Waals surface area contributed by atoms with Crippen LogP contribution in [0, 0.1) is 5.92 Å². The third-order valence-electron chi connectivity index (χ3n) is 1.94. The number of carbonyl (C=O) groups is 1. The number of hydrogen-bond acceptors (Lipinski definition) is 3. The van der Waals surface area contributed by atoms with Crippen LogP contribution in [0.2, 0.25) is 5.02 Å². The van der Waals surface area contributed by atoms with E-state index in [2.05, 4.69) is 10.3 Å². The van der Waals surface area contributed by atoms with Gasteiger partial charge in [0.2, 0.25) is 0 Å². The predicted octanol–water partition coefficient (Wildman–Crippen LogP) is 1.09. The van der Waals surface area contributed by atoms with Crippen molar-refractivity contribution in [2.24, 2.45) is 5.92 Å². The van der Waals surface area contributed by atoms with Crippen molar-refractivity contribution < 1.29 is 9.90 Å². The molecule has 1 heterocycles. The summed E-state index contributed by atoms with van der Waals surface area (Å²) in [5.41, 5.74) is 0.351. The SMILES string of the molecule is CC(CO)CNC(=O)c1cnccc1Cl. The van der Waals surface area contributed by atoms with E-state index in [0.717, 1.165) is 0 Å². The smallest absolute Gasteiger partial charge is 0.254 e. The average molecular weight is 229 g/mol. The first-order valence-electron chi connectivity index (χ1n) is 4.63. The molecule has 0 radical (unpaired) electrons. The zero-order valence-corrected chi connectivity index (χ0v) is 9.16. The van der Waals surface area contributed by atoms with Crippen molar-refractivity contribution in [3.05, 3.63) is 29.0 Å². The standard InChI is InChI=1S/C10H13ClN2O2/c1-7(6-14)4-13-10(15)8-5-12-3-2-9(8)11/h2-3,5,7,14H,4,6H2,1H3,(H,13,15). The summed E-state index contributed by atoms with van der Waals surface area (Å²) in [4.78, 5) is 15.4. The molecule has 0 aromatic carbocycles. The van der Waals surface area contributed by atoms with Crippen molar-refractivity contribution in [2.45, 2.75) is 6.92 Å². The van der Waals surface area contributed by atoms with Crippen LogP contribution in [0.5, 0.6) is 0 Å². The van der Waals surface area contributed by atoms with Crippen LogP contribution in [0.4, 0.5) is 0 Å². The minimum Gasteiger partial charge on any atom is -0.396 e. The molecule has 1 rings (SSSR count). The molecule has 0 spiro atoms. The van der Waals surface area contributed by atoms with Gasteiger partial charge in [-0.1, -0.05) is 18.5 Å². The van der Waals surface area contributed by atoms with E-state index in [9.17, 15) is 4.79 Å². The average Bonchev–Trinajstić information content (AvgIpc) is 2.26. The van der Waals surface area contributed by atoms with E-state index in [-0.39, 0.29) is 18.4 Å². The van der Waals surface area contributed by atoms with E-state index in [1.807, 2.05) is 6.92 Å². The number of hydrogen-bond donors (Lipinski definition) is 2. The molecule has 1 unspecified atom stereocenters. The molecule has 2 N–H and O–H groups in total. The Balaban J connectivity index is 2.58. The van der Waals surface area contributed by atoms with Gasteiger partial charge in [0, 0.05) is 25.5 Å². The zero-order chi connectivity index (χ0) is 11.3. The Hall–Kier alpha value is -1.13. The largest absolute Gasteiger partial charge is 0.396 e. The van der Waals surface area contributed by atoms with Gasteiger partial charge in [-0.15, -0.1) is 0 Å². The third kappa shape index (κ3) is 3.49. The first-order valence-corrected chi connectivity index (χ1v) is 5.01. The van der Waals surface area contributed by atoms with Crippen molar-refractivity contribution in [3.63, 3.8) is 0 Å². The number of nitrogens with one attached hydrogen (secondary N) is 1. The van der Waals surface area contributed by atoms with E-state index in [1.165, 1.54) is 12.4 Å². The number of rotatable bonds is 4. The Kier molecular flexibility index (Phi) is 4.52. The topological polar surface area (TPSA) is 62.2 Å². The Bertz CT molecular complexity index is 344.